The van der Waals surface area contributed by atoms with E-state index in [4.69, 9.17) is 5.73 Å². The Morgan fingerprint density at radius 2 is 1.60 bits per heavy atom. The number of pyridine rings is 1. The van der Waals surface area contributed by atoms with Gasteiger partial charge in [-0.3, -0.25) is 9.59 Å². The summed E-state index contributed by atoms with van der Waals surface area (Å²) in [6.07, 6.45) is 9.29. The number of aliphatic hydroxyl groups is 1. The highest BCUT2D eigenvalue weighted by atomic mass is 16.3. The third-order valence-electron chi connectivity index (χ3n) is 9.53. The molecule has 3 aromatic rings. The van der Waals surface area contributed by atoms with Crippen molar-refractivity contribution < 1.29 is 14.7 Å². The Balaban J connectivity index is 1.13. The van der Waals surface area contributed by atoms with Crippen LogP contribution in [0.4, 0.5) is 5.82 Å². The lowest BCUT2D eigenvalue weighted by atomic mass is 9.63. The van der Waals surface area contributed by atoms with Crippen LogP contribution in [0.25, 0.3) is 22.3 Å². The Bertz CT molecular complexity index is 1430. The summed E-state index contributed by atoms with van der Waals surface area (Å²) in [5, 5.41) is 13.3. The number of benzene rings is 2. The van der Waals surface area contributed by atoms with E-state index in [0.717, 1.165) is 66.3 Å². The fraction of sp³-hybridized carbons (Fsp3) is 0.457. The molecule has 4 N–H and O–H groups in total. The van der Waals surface area contributed by atoms with E-state index < -0.39 is 11.1 Å². The van der Waals surface area contributed by atoms with E-state index in [1.54, 1.807) is 0 Å². The predicted octanol–water partition coefficient (Wildman–Crippen LogP) is 5.87. The molecule has 42 heavy (non-hydrogen) atoms. The van der Waals surface area contributed by atoms with Gasteiger partial charge in [-0.1, -0.05) is 54.6 Å². The van der Waals surface area contributed by atoms with Crippen LogP contribution < -0.4 is 11.1 Å². The SMILES string of the molecule is CN(C(=O)C1CC1)C1CCC(CC(=O)Nc2cc(-c3ccccc3)c(-c3ccc(C4(N)CC(C)(O)C4)cc3)cn2)CC1. The largest absolute Gasteiger partial charge is 0.390 e. The minimum absolute atomic E-state index is 0.0194. The maximum absolute atomic E-state index is 13.1. The van der Waals surface area contributed by atoms with Crippen molar-refractivity contribution in [1.82, 2.24) is 9.88 Å². The number of carbonyl (C=O) groups excluding carboxylic acids is 2. The number of amides is 2. The highest BCUT2D eigenvalue weighted by molar-refractivity contribution is 5.92. The minimum atomic E-state index is -0.704. The monoisotopic (exact) mass is 566 g/mol. The van der Waals surface area contributed by atoms with Gasteiger partial charge in [0.15, 0.2) is 0 Å². The zero-order valence-electron chi connectivity index (χ0n) is 24.7. The van der Waals surface area contributed by atoms with E-state index in [1.165, 1.54) is 0 Å². The fourth-order valence-electron chi connectivity index (χ4n) is 7.09. The zero-order chi connectivity index (χ0) is 29.5. The van der Waals surface area contributed by atoms with Crippen molar-refractivity contribution in [3.63, 3.8) is 0 Å². The molecule has 0 atom stereocenters. The van der Waals surface area contributed by atoms with Gasteiger partial charge in [-0.2, -0.15) is 0 Å². The highest BCUT2D eigenvalue weighted by Crippen LogP contribution is 2.46. The van der Waals surface area contributed by atoms with Crippen LogP contribution in [0.15, 0.2) is 66.9 Å². The first-order valence-electron chi connectivity index (χ1n) is 15.3. The smallest absolute Gasteiger partial charge is 0.225 e. The standard InChI is InChI=1S/C35H42N4O3/c1-34(42)21-35(36,22-34)27-14-12-25(13-15-27)30-20-37-31(19-29(30)24-6-4-3-5-7-24)38-32(40)18-23-8-16-28(17-9-23)39(2)33(41)26-10-11-26/h3-7,12-15,19-20,23,26,28,42H,8-11,16-18,21-22,36H2,1-2H3,(H,37,38,40). The summed E-state index contributed by atoms with van der Waals surface area (Å²) in [5.41, 5.74) is 10.4. The summed E-state index contributed by atoms with van der Waals surface area (Å²) >= 11 is 0. The number of aromatic nitrogens is 1. The number of nitrogens with two attached hydrogens (primary N) is 1. The molecular weight excluding hydrogens is 524 g/mol. The van der Waals surface area contributed by atoms with Crippen LogP contribution in [0, 0.1) is 11.8 Å². The molecule has 0 saturated heterocycles. The van der Waals surface area contributed by atoms with Gasteiger partial charge in [0.1, 0.15) is 5.82 Å². The molecular formula is C35H42N4O3. The number of hydrogen-bond acceptors (Lipinski definition) is 5. The highest BCUT2D eigenvalue weighted by Gasteiger charge is 2.49. The summed E-state index contributed by atoms with van der Waals surface area (Å²) in [6.45, 7) is 1.83. The number of anilines is 1. The second kappa shape index (κ2) is 11.3. The van der Waals surface area contributed by atoms with Crippen LogP contribution in [0.5, 0.6) is 0 Å². The first-order valence-corrected chi connectivity index (χ1v) is 15.3. The van der Waals surface area contributed by atoms with Gasteiger partial charge in [0, 0.05) is 42.7 Å². The maximum atomic E-state index is 13.1. The van der Waals surface area contributed by atoms with Crippen molar-refractivity contribution >= 4 is 17.6 Å². The number of carbonyl (C=O) groups is 2. The van der Waals surface area contributed by atoms with Gasteiger partial charge < -0.3 is 21.1 Å². The quantitative estimate of drug-likeness (QED) is 0.316. The molecule has 1 heterocycles. The summed E-state index contributed by atoms with van der Waals surface area (Å²) in [6, 6.07) is 20.6. The Labute approximate surface area is 248 Å². The van der Waals surface area contributed by atoms with Crippen molar-refractivity contribution in [3.05, 3.63) is 72.4 Å². The van der Waals surface area contributed by atoms with Gasteiger partial charge in [-0.25, -0.2) is 4.98 Å². The molecule has 1 aromatic heterocycles. The molecule has 2 amide bonds. The molecule has 6 rings (SSSR count). The van der Waals surface area contributed by atoms with Crippen molar-refractivity contribution in [2.75, 3.05) is 12.4 Å². The van der Waals surface area contributed by atoms with Crippen molar-refractivity contribution in [3.8, 4) is 22.3 Å². The Kier molecular flexibility index (Phi) is 7.66. The van der Waals surface area contributed by atoms with Crippen molar-refractivity contribution in [2.24, 2.45) is 17.6 Å². The van der Waals surface area contributed by atoms with Gasteiger partial charge >= 0.3 is 0 Å². The van der Waals surface area contributed by atoms with Crippen LogP contribution >= 0.6 is 0 Å². The maximum Gasteiger partial charge on any atom is 0.225 e. The lowest BCUT2D eigenvalue weighted by Gasteiger charge is -2.49. The number of rotatable bonds is 8. The molecule has 0 radical (unpaired) electrons. The second-order valence-corrected chi connectivity index (χ2v) is 13.2. The topological polar surface area (TPSA) is 109 Å². The molecule has 0 unspecified atom stereocenters. The number of nitrogens with zero attached hydrogens (tertiary/aromatic N) is 2. The van der Waals surface area contributed by atoms with E-state index in [2.05, 4.69) is 34.6 Å². The van der Waals surface area contributed by atoms with Gasteiger partial charge in [0.05, 0.1) is 5.60 Å². The average molecular weight is 567 g/mol. The molecule has 2 aromatic carbocycles. The van der Waals surface area contributed by atoms with Crippen LogP contribution in [-0.4, -0.2) is 45.5 Å². The van der Waals surface area contributed by atoms with Crippen molar-refractivity contribution in [1.29, 1.82) is 0 Å². The molecule has 220 valence electrons. The first-order chi connectivity index (χ1) is 20.1. The molecule has 7 nitrogen and oxygen atoms in total. The Hall–Kier alpha value is -3.55. The third kappa shape index (κ3) is 6.13. The van der Waals surface area contributed by atoms with E-state index in [0.29, 0.717) is 42.9 Å². The normalized spacial score (nSPS) is 27.1. The number of nitrogens with one attached hydrogen (secondary N) is 1. The van der Waals surface area contributed by atoms with Crippen LogP contribution in [0.2, 0.25) is 0 Å². The molecule has 3 aliphatic carbocycles. The molecule has 3 fully saturated rings. The minimum Gasteiger partial charge on any atom is -0.390 e. The van der Waals surface area contributed by atoms with E-state index in [1.807, 2.05) is 61.5 Å². The van der Waals surface area contributed by atoms with Gasteiger partial charge in [0.2, 0.25) is 11.8 Å². The Morgan fingerprint density at radius 3 is 2.21 bits per heavy atom. The molecule has 0 spiro atoms. The molecule has 3 saturated carbocycles. The average Bonchev–Trinajstić information content (AvgIpc) is 3.82. The van der Waals surface area contributed by atoms with Crippen LogP contribution in [0.1, 0.15) is 70.3 Å². The van der Waals surface area contributed by atoms with Gasteiger partial charge in [-0.05, 0) is 92.5 Å². The molecule has 0 aliphatic heterocycles. The molecule has 3 aliphatic rings. The summed E-state index contributed by atoms with van der Waals surface area (Å²) in [4.78, 5) is 32.1. The van der Waals surface area contributed by atoms with Gasteiger partial charge in [0.25, 0.3) is 0 Å². The van der Waals surface area contributed by atoms with Crippen LogP contribution in [0.3, 0.4) is 0 Å². The van der Waals surface area contributed by atoms with E-state index in [-0.39, 0.29) is 11.8 Å². The van der Waals surface area contributed by atoms with Crippen molar-refractivity contribution in [2.45, 2.75) is 81.9 Å². The van der Waals surface area contributed by atoms with E-state index in [9.17, 15) is 14.7 Å². The van der Waals surface area contributed by atoms with Gasteiger partial charge in [-0.15, -0.1) is 0 Å². The predicted molar refractivity (Wildman–Crippen MR) is 165 cm³/mol. The molecule has 0 bridgehead atoms. The lowest BCUT2D eigenvalue weighted by Crippen LogP contribution is -2.58. The summed E-state index contributed by atoms with van der Waals surface area (Å²) in [7, 11) is 1.95. The molecule has 7 heteroatoms. The summed E-state index contributed by atoms with van der Waals surface area (Å²) in [5.74, 6) is 1.39. The van der Waals surface area contributed by atoms with E-state index >= 15 is 0 Å². The zero-order valence-corrected chi connectivity index (χ0v) is 24.7. The first kappa shape index (κ1) is 28.6. The van der Waals surface area contributed by atoms with Crippen LogP contribution in [-0.2, 0) is 15.1 Å². The Morgan fingerprint density at radius 1 is 0.952 bits per heavy atom. The third-order valence-corrected chi connectivity index (χ3v) is 9.53. The fourth-order valence-corrected chi connectivity index (χ4v) is 7.09. The lowest BCUT2D eigenvalue weighted by molar-refractivity contribution is -0.134. The summed E-state index contributed by atoms with van der Waals surface area (Å²) < 4.78 is 0. The second-order valence-electron chi connectivity index (χ2n) is 13.2. The number of hydrogen-bond donors (Lipinski definition) is 3.